The fourth-order valence-electron chi connectivity index (χ4n) is 3.74. The van der Waals surface area contributed by atoms with E-state index in [1.807, 2.05) is 19.3 Å². The maximum Gasteiger partial charge on any atom is 0.227 e. The first kappa shape index (κ1) is 17.0. The van der Waals surface area contributed by atoms with Crippen molar-refractivity contribution in [3.63, 3.8) is 0 Å². The second kappa shape index (κ2) is 7.05. The predicted octanol–water partition coefficient (Wildman–Crippen LogP) is 1.85. The summed E-state index contributed by atoms with van der Waals surface area (Å²) in [5.74, 6) is 2.76. The predicted molar refractivity (Wildman–Crippen MR) is 104 cm³/mol. The first-order chi connectivity index (χ1) is 12.6. The van der Waals surface area contributed by atoms with Crippen LogP contribution in [0.15, 0.2) is 12.4 Å². The summed E-state index contributed by atoms with van der Waals surface area (Å²) in [5.41, 5.74) is 3.54. The Kier molecular flexibility index (Phi) is 4.61. The number of aromatic nitrogens is 4. The third-order valence-corrected chi connectivity index (χ3v) is 5.17. The van der Waals surface area contributed by atoms with Gasteiger partial charge in [-0.05, 0) is 31.7 Å². The van der Waals surface area contributed by atoms with Gasteiger partial charge in [0.25, 0.3) is 0 Å². The topological polar surface area (TPSA) is 61.3 Å². The molecule has 0 aliphatic carbocycles. The molecule has 0 spiro atoms. The van der Waals surface area contributed by atoms with Gasteiger partial charge in [-0.2, -0.15) is 4.98 Å². The molecule has 0 N–H and O–H groups in total. The largest absolute Gasteiger partial charge is 0.362 e. The Morgan fingerprint density at radius 1 is 0.846 bits per heavy atom. The van der Waals surface area contributed by atoms with Gasteiger partial charge in [0.2, 0.25) is 11.9 Å². The van der Waals surface area contributed by atoms with Crippen molar-refractivity contribution in [1.82, 2.24) is 19.9 Å². The third-order valence-electron chi connectivity index (χ3n) is 5.17. The molecule has 4 rings (SSSR count). The molecule has 0 saturated carbocycles. The molecule has 2 aromatic rings. The van der Waals surface area contributed by atoms with Gasteiger partial charge in [-0.15, -0.1) is 0 Å². The standard InChI is InChI=1S/C19H27N7/c1-14-12-20-18(21-13-14)26-10-6-15-16(7-11-26)22-19(23-17(15)24(2)3)25-8-4-5-9-25/h12-13H,4-11H2,1-3H3. The summed E-state index contributed by atoms with van der Waals surface area (Å²) < 4.78 is 0. The molecular weight excluding hydrogens is 326 g/mol. The fourth-order valence-corrected chi connectivity index (χ4v) is 3.74. The molecule has 0 aromatic carbocycles. The van der Waals surface area contributed by atoms with Crippen LogP contribution in [0, 0.1) is 6.92 Å². The monoisotopic (exact) mass is 353 g/mol. The summed E-state index contributed by atoms with van der Waals surface area (Å²) >= 11 is 0. The minimum Gasteiger partial charge on any atom is -0.362 e. The number of hydrogen-bond acceptors (Lipinski definition) is 7. The molecule has 2 aliphatic rings. The summed E-state index contributed by atoms with van der Waals surface area (Å²) in [6.45, 7) is 5.92. The highest BCUT2D eigenvalue weighted by atomic mass is 15.3. The summed E-state index contributed by atoms with van der Waals surface area (Å²) in [4.78, 5) is 25.6. The Morgan fingerprint density at radius 3 is 2.19 bits per heavy atom. The smallest absolute Gasteiger partial charge is 0.227 e. The van der Waals surface area contributed by atoms with Crippen molar-refractivity contribution in [2.75, 3.05) is 55.0 Å². The molecule has 2 aromatic heterocycles. The van der Waals surface area contributed by atoms with Gasteiger partial charge in [0.05, 0.1) is 5.69 Å². The van der Waals surface area contributed by atoms with E-state index in [-0.39, 0.29) is 0 Å². The van der Waals surface area contributed by atoms with Crippen LogP contribution >= 0.6 is 0 Å². The van der Waals surface area contributed by atoms with Crippen LogP contribution in [0.1, 0.15) is 29.7 Å². The molecule has 2 aliphatic heterocycles. The quantitative estimate of drug-likeness (QED) is 0.834. The maximum absolute atomic E-state index is 4.96. The molecule has 26 heavy (non-hydrogen) atoms. The zero-order valence-electron chi connectivity index (χ0n) is 15.9. The highest BCUT2D eigenvalue weighted by Gasteiger charge is 2.24. The van der Waals surface area contributed by atoms with Gasteiger partial charge in [-0.3, -0.25) is 0 Å². The van der Waals surface area contributed by atoms with Gasteiger partial charge in [-0.25, -0.2) is 15.0 Å². The average molecular weight is 353 g/mol. The Labute approximate surface area is 155 Å². The molecule has 0 amide bonds. The Balaban J connectivity index is 1.64. The van der Waals surface area contributed by atoms with Crippen molar-refractivity contribution in [2.24, 2.45) is 0 Å². The Hall–Kier alpha value is -2.44. The van der Waals surface area contributed by atoms with E-state index in [0.29, 0.717) is 0 Å². The molecule has 1 fully saturated rings. The SMILES string of the molecule is Cc1cnc(N2CCc3nc(N4CCCC4)nc(N(C)C)c3CC2)nc1. The highest BCUT2D eigenvalue weighted by Crippen LogP contribution is 2.28. The van der Waals surface area contributed by atoms with Gasteiger partial charge in [0.15, 0.2) is 0 Å². The first-order valence-electron chi connectivity index (χ1n) is 9.47. The number of hydrogen-bond donors (Lipinski definition) is 0. The lowest BCUT2D eigenvalue weighted by Gasteiger charge is -2.22. The molecule has 1 saturated heterocycles. The molecule has 0 radical (unpaired) electrons. The average Bonchev–Trinajstić information content (AvgIpc) is 3.09. The van der Waals surface area contributed by atoms with Crippen LogP contribution in [0.4, 0.5) is 17.7 Å². The van der Waals surface area contributed by atoms with E-state index in [0.717, 1.165) is 62.3 Å². The molecule has 0 unspecified atom stereocenters. The lowest BCUT2D eigenvalue weighted by Crippen LogP contribution is -2.28. The van der Waals surface area contributed by atoms with E-state index in [1.54, 1.807) is 0 Å². The zero-order valence-corrected chi connectivity index (χ0v) is 15.9. The normalized spacial score (nSPS) is 17.2. The molecule has 0 bridgehead atoms. The second-order valence-electron chi connectivity index (χ2n) is 7.41. The first-order valence-corrected chi connectivity index (χ1v) is 9.47. The summed E-state index contributed by atoms with van der Waals surface area (Å²) in [6, 6.07) is 0. The number of nitrogens with zero attached hydrogens (tertiary/aromatic N) is 7. The van der Waals surface area contributed by atoms with E-state index in [4.69, 9.17) is 9.97 Å². The van der Waals surface area contributed by atoms with Gasteiger partial charge >= 0.3 is 0 Å². The molecular formula is C19H27N7. The van der Waals surface area contributed by atoms with Crippen molar-refractivity contribution >= 4 is 17.7 Å². The van der Waals surface area contributed by atoms with Gasteiger partial charge in [0, 0.05) is 64.7 Å². The van der Waals surface area contributed by atoms with Crippen LogP contribution in [0.2, 0.25) is 0 Å². The van der Waals surface area contributed by atoms with Crippen molar-refractivity contribution in [3.8, 4) is 0 Å². The van der Waals surface area contributed by atoms with Crippen molar-refractivity contribution in [2.45, 2.75) is 32.6 Å². The summed E-state index contributed by atoms with van der Waals surface area (Å²) in [7, 11) is 4.14. The van der Waals surface area contributed by atoms with E-state index in [1.165, 1.54) is 24.1 Å². The lowest BCUT2D eigenvalue weighted by atomic mass is 10.1. The van der Waals surface area contributed by atoms with Gasteiger partial charge in [0.1, 0.15) is 5.82 Å². The number of rotatable bonds is 3. The zero-order chi connectivity index (χ0) is 18.1. The maximum atomic E-state index is 4.96. The van der Waals surface area contributed by atoms with Crippen molar-refractivity contribution in [1.29, 1.82) is 0 Å². The van der Waals surface area contributed by atoms with Crippen molar-refractivity contribution < 1.29 is 0 Å². The van der Waals surface area contributed by atoms with Crippen LogP contribution in [0.25, 0.3) is 0 Å². The molecule has 7 nitrogen and oxygen atoms in total. The van der Waals surface area contributed by atoms with E-state index in [9.17, 15) is 0 Å². The van der Waals surface area contributed by atoms with Gasteiger partial charge in [-0.1, -0.05) is 0 Å². The van der Waals surface area contributed by atoms with Crippen LogP contribution < -0.4 is 14.7 Å². The minimum atomic E-state index is 0.808. The molecule has 7 heteroatoms. The molecule has 138 valence electrons. The van der Waals surface area contributed by atoms with Crippen LogP contribution in [-0.4, -0.2) is 60.2 Å². The molecule has 0 atom stereocenters. The van der Waals surface area contributed by atoms with E-state index < -0.39 is 0 Å². The van der Waals surface area contributed by atoms with Gasteiger partial charge < -0.3 is 14.7 Å². The van der Waals surface area contributed by atoms with Crippen LogP contribution in [0.3, 0.4) is 0 Å². The lowest BCUT2D eigenvalue weighted by molar-refractivity contribution is 0.767. The number of aryl methyl sites for hydroxylation is 1. The fraction of sp³-hybridized carbons (Fsp3) is 0.579. The Bertz CT molecular complexity index is 766. The van der Waals surface area contributed by atoms with Crippen molar-refractivity contribution in [3.05, 3.63) is 29.2 Å². The highest BCUT2D eigenvalue weighted by molar-refractivity contribution is 5.54. The van der Waals surface area contributed by atoms with E-state index >= 15 is 0 Å². The third kappa shape index (κ3) is 3.30. The minimum absolute atomic E-state index is 0.808. The molecule has 4 heterocycles. The number of anilines is 3. The second-order valence-corrected chi connectivity index (χ2v) is 7.41. The Morgan fingerprint density at radius 2 is 1.50 bits per heavy atom. The van der Waals surface area contributed by atoms with E-state index in [2.05, 4.69) is 38.8 Å². The summed E-state index contributed by atoms with van der Waals surface area (Å²) in [6.07, 6.45) is 8.05. The van der Waals surface area contributed by atoms with Crippen LogP contribution in [0.5, 0.6) is 0 Å². The number of fused-ring (bicyclic) bond motifs is 1. The van der Waals surface area contributed by atoms with Crippen LogP contribution in [-0.2, 0) is 12.8 Å². The summed E-state index contributed by atoms with van der Waals surface area (Å²) in [5, 5.41) is 0.